The Morgan fingerprint density at radius 3 is 2.50 bits per heavy atom. The number of aliphatic carboxylic acids is 1. The summed E-state index contributed by atoms with van der Waals surface area (Å²) in [6.45, 7) is 4.82. The van der Waals surface area contributed by atoms with Crippen LogP contribution in [0.4, 0.5) is 0 Å². The van der Waals surface area contributed by atoms with Gasteiger partial charge in [-0.15, -0.1) is 0 Å². The van der Waals surface area contributed by atoms with Gasteiger partial charge in [-0.25, -0.2) is 4.79 Å². The molecule has 0 saturated heterocycles. The molecule has 1 aliphatic carbocycles. The zero-order valence-electron chi connectivity index (χ0n) is 10.3. The van der Waals surface area contributed by atoms with E-state index in [0.29, 0.717) is 12.6 Å². The van der Waals surface area contributed by atoms with Gasteiger partial charge in [0, 0.05) is 18.7 Å². The van der Waals surface area contributed by atoms with Gasteiger partial charge in [0.2, 0.25) is 0 Å². The van der Waals surface area contributed by atoms with Crippen LogP contribution in [0.2, 0.25) is 0 Å². The van der Waals surface area contributed by atoms with Crippen molar-refractivity contribution in [2.24, 2.45) is 5.92 Å². The summed E-state index contributed by atoms with van der Waals surface area (Å²) in [6, 6.07) is 0.583. The predicted molar refractivity (Wildman–Crippen MR) is 65.4 cm³/mol. The van der Waals surface area contributed by atoms with Gasteiger partial charge in [0.05, 0.1) is 0 Å². The molecule has 0 aromatic heterocycles. The first-order chi connectivity index (χ1) is 7.61. The fourth-order valence-corrected chi connectivity index (χ4v) is 2.34. The summed E-state index contributed by atoms with van der Waals surface area (Å²) in [4.78, 5) is 10.4. The third kappa shape index (κ3) is 4.79. The fraction of sp³-hybridized carbons (Fsp3) is 0.769. The van der Waals surface area contributed by atoms with E-state index in [1.165, 1.54) is 38.2 Å². The molecule has 3 heteroatoms. The van der Waals surface area contributed by atoms with Gasteiger partial charge in [-0.1, -0.05) is 18.9 Å². The molecule has 92 valence electrons. The van der Waals surface area contributed by atoms with Gasteiger partial charge in [0.15, 0.2) is 0 Å². The van der Waals surface area contributed by atoms with Crippen molar-refractivity contribution in [2.45, 2.75) is 52.0 Å². The normalized spacial score (nSPS) is 26.8. The Balaban J connectivity index is 2.22. The van der Waals surface area contributed by atoms with E-state index in [1.54, 1.807) is 0 Å². The molecule has 1 aliphatic rings. The molecule has 0 radical (unpaired) electrons. The smallest absolute Gasteiger partial charge is 0.328 e. The van der Waals surface area contributed by atoms with Crippen molar-refractivity contribution in [3.63, 3.8) is 0 Å². The zero-order chi connectivity index (χ0) is 12.0. The van der Waals surface area contributed by atoms with E-state index in [0.717, 1.165) is 11.5 Å². The average Bonchev–Trinajstić information content (AvgIpc) is 2.26. The lowest BCUT2D eigenvalue weighted by Crippen LogP contribution is -2.34. The van der Waals surface area contributed by atoms with Crippen LogP contribution >= 0.6 is 0 Å². The third-order valence-corrected chi connectivity index (χ3v) is 3.46. The third-order valence-electron chi connectivity index (χ3n) is 3.46. The topological polar surface area (TPSA) is 49.3 Å². The van der Waals surface area contributed by atoms with Crippen LogP contribution in [0.1, 0.15) is 46.0 Å². The molecule has 3 nitrogen and oxygen atoms in total. The number of rotatable bonds is 5. The Kier molecular flexibility index (Phi) is 5.53. The number of hydrogen-bond donors (Lipinski definition) is 2. The molecule has 0 aromatic rings. The van der Waals surface area contributed by atoms with Crippen molar-refractivity contribution >= 4 is 5.97 Å². The van der Waals surface area contributed by atoms with Crippen LogP contribution < -0.4 is 5.32 Å². The molecule has 0 aromatic carbocycles. The van der Waals surface area contributed by atoms with Gasteiger partial charge in [-0.2, -0.15) is 0 Å². The van der Waals surface area contributed by atoms with Crippen LogP contribution in [0.5, 0.6) is 0 Å². The second-order valence-corrected chi connectivity index (χ2v) is 4.84. The molecule has 2 N–H and O–H groups in total. The van der Waals surface area contributed by atoms with Crippen LogP contribution in [-0.2, 0) is 4.79 Å². The van der Waals surface area contributed by atoms with Crippen molar-refractivity contribution in [1.82, 2.24) is 5.32 Å². The minimum atomic E-state index is -0.853. The fourth-order valence-electron chi connectivity index (χ4n) is 2.34. The maximum atomic E-state index is 10.4. The molecule has 0 aliphatic heterocycles. The molecule has 1 rings (SSSR count). The summed E-state index contributed by atoms with van der Waals surface area (Å²) in [5.41, 5.74) is 0.894. The second kappa shape index (κ2) is 6.69. The van der Waals surface area contributed by atoms with E-state index in [2.05, 4.69) is 12.2 Å². The summed E-state index contributed by atoms with van der Waals surface area (Å²) >= 11 is 0. The lowest BCUT2D eigenvalue weighted by atomic mass is 9.84. The molecule has 0 bridgehead atoms. The number of nitrogens with one attached hydrogen (secondary N) is 1. The highest BCUT2D eigenvalue weighted by Gasteiger charge is 2.19. The minimum absolute atomic E-state index is 0.583. The highest BCUT2D eigenvalue weighted by molar-refractivity contribution is 5.80. The average molecular weight is 225 g/mol. The predicted octanol–water partition coefficient (Wildman–Crippen LogP) is 2.58. The minimum Gasteiger partial charge on any atom is -0.478 e. The maximum absolute atomic E-state index is 10.4. The Morgan fingerprint density at radius 1 is 1.38 bits per heavy atom. The van der Waals surface area contributed by atoms with Crippen LogP contribution in [0.25, 0.3) is 0 Å². The van der Waals surface area contributed by atoms with Gasteiger partial charge < -0.3 is 10.4 Å². The Morgan fingerprint density at radius 2 is 2.00 bits per heavy atom. The Labute approximate surface area is 97.9 Å². The van der Waals surface area contributed by atoms with E-state index >= 15 is 0 Å². The van der Waals surface area contributed by atoms with Crippen molar-refractivity contribution in [2.75, 3.05) is 6.54 Å². The lowest BCUT2D eigenvalue weighted by Gasteiger charge is -2.28. The van der Waals surface area contributed by atoms with Crippen molar-refractivity contribution in [3.05, 3.63) is 11.6 Å². The Hall–Kier alpha value is -0.830. The highest BCUT2D eigenvalue weighted by atomic mass is 16.4. The number of carboxylic acids is 1. The molecular weight excluding hydrogens is 202 g/mol. The van der Waals surface area contributed by atoms with E-state index in [1.807, 2.05) is 6.92 Å². The van der Waals surface area contributed by atoms with Crippen LogP contribution in [0.15, 0.2) is 11.6 Å². The van der Waals surface area contributed by atoms with Crippen LogP contribution in [0.3, 0.4) is 0 Å². The molecule has 16 heavy (non-hydrogen) atoms. The first-order valence-corrected chi connectivity index (χ1v) is 6.25. The van der Waals surface area contributed by atoms with Crippen molar-refractivity contribution in [3.8, 4) is 0 Å². The highest BCUT2D eigenvalue weighted by Crippen LogP contribution is 2.26. The molecule has 0 spiro atoms. The van der Waals surface area contributed by atoms with Gasteiger partial charge in [-0.3, -0.25) is 0 Å². The number of carboxylic acid groups (broad SMARTS) is 1. The lowest BCUT2D eigenvalue weighted by molar-refractivity contribution is -0.131. The first kappa shape index (κ1) is 13.2. The number of carbonyl (C=O) groups is 1. The van der Waals surface area contributed by atoms with Crippen LogP contribution in [0, 0.1) is 5.92 Å². The Bertz CT molecular complexity index is 253. The first-order valence-electron chi connectivity index (χ1n) is 6.25. The summed E-state index contributed by atoms with van der Waals surface area (Å²) < 4.78 is 0. The van der Waals surface area contributed by atoms with Crippen molar-refractivity contribution < 1.29 is 9.90 Å². The summed E-state index contributed by atoms with van der Waals surface area (Å²) in [5, 5.41) is 12.0. The maximum Gasteiger partial charge on any atom is 0.328 e. The standard InChI is InChI=1S/C13H23NO2/c1-3-11-4-6-12(7-5-11)14-9-10(2)8-13(15)16/h8,11-12,14H,3-7,9H2,1-2H3,(H,15,16). The largest absolute Gasteiger partial charge is 0.478 e. The SMILES string of the molecule is CCC1CCC(NCC(C)=CC(=O)O)CC1. The molecule has 0 unspecified atom stereocenters. The van der Waals surface area contributed by atoms with E-state index in [9.17, 15) is 4.79 Å². The summed E-state index contributed by atoms with van der Waals surface area (Å²) in [6.07, 6.45) is 7.68. The molecule has 0 heterocycles. The van der Waals surface area contributed by atoms with E-state index in [-0.39, 0.29) is 0 Å². The summed E-state index contributed by atoms with van der Waals surface area (Å²) in [7, 11) is 0. The van der Waals surface area contributed by atoms with E-state index < -0.39 is 5.97 Å². The monoisotopic (exact) mass is 225 g/mol. The molecule has 1 saturated carbocycles. The quantitative estimate of drug-likeness (QED) is 0.707. The zero-order valence-corrected chi connectivity index (χ0v) is 10.3. The molecule has 0 amide bonds. The van der Waals surface area contributed by atoms with Crippen molar-refractivity contribution in [1.29, 1.82) is 0 Å². The second-order valence-electron chi connectivity index (χ2n) is 4.84. The van der Waals surface area contributed by atoms with Gasteiger partial charge in [-0.05, 0) is 38.5 Å². The summed E-state index contributed by atoms with van der Waals surface area (Å²) in [5.74, 6) is 0.0581. The molecule has 0 atom stereocenters. The van der Waals surface area contributed by atoms with Gasteiger partial charge >= 0.3 is 5.97 Å². The van der Waals surface area contributed by atoms with Gasteiger partial charge in [0.25, 0.3) is 0 Å². The van der Waals surface area contributed by atoms with E-state index in [4.69, 9.17) is 5.11 Å². The van der Waals surface area contributed by atoms with Gasteiger partial charge in [0.1, 0.15) is 0 Å². The van der Waals surface area contributed by atoms with Crippen LogP contribution in [-0.4, -0.2) is 23.7 Å². The molecule has 1 fully saturated rings. The number of hydrogen-bond acceptors (Lipinski definition) is 2. The molecular formula is C13H23NO2.